The van der Waals surface area contributed by atoms with Crippen LogP contribution in [0, 0.1) is 6.92 Å². The van der Waals surface area contributed by atoms with Gasteiger partial charge in [0.2, 0.25) is 0 Å². The van der Waals surface area contributed by atoms with Crippen LogP contribution in [0.5, 0.6) is 11.5 Å². The molecule has 5 rings (SSSR count). The summed E-state index contributed by atoms with van der Waals surface area (Å²) in [6.45, 7) is 4.14. The largest absolute Gasteiger partial charge is 0.494 e. The summed E-state index contributed by atoms with van der Waals surface area (Å²) in [5.74, 6) is 0.759. The van der Waals surface area contributed by atoms with Crippen molar-refractivity contribution in [2.45, 2.75) is 13.8 Å². The molecule has 0 bridgehead atoms. The van der Waals surface area contributed by atoms with Crippen LogP contribution in [0.3, 0.4) is 0 Å². The number of ether oxygens (including phenoxy) is 2. The van der Waals surface area contributed by atoms with E-state index in [0.29, 0.717) is 51.5 Å². The summed E-state index contributed by atoms with van der Waals surface area (Å²) in [6, 6.07) is 29.9. The van der Waals surface area contributed by atoms with E-state index < -0.39 is 5.97 Å². The molecule has 5 nitrogen and oxygen atoms in total. The van der Waals surface area contributed by atoms with Gasteiger partial charge in [-0.1, -0.05) is 72.8 Å². The van der Waals surface area contributed by atoms with E-state index in [1.165, 1.54) is 6.08 Å². The van der Waals surface area contributed by atoms with Crippen LogP contribution in [0.25, 0.3) is 28.2 Å². The van der Waals surface area contributed by atoms with Gasteiger partial charge in [-0.25, -0.2) is 4.79 Å². The number of fused-ring (bicyclic) bond motifs is 1. The van der Waals surface area contributed by atoms with Crippen molar-refractivity contribution in [3.8, 4) is 22.6 Å². The highest BCUT2D eigenvalue weighted by Gasteiger charge is 2.21. The third-order valence-corrected chi connectivity index (χ3v) is 6.16. The van der Waals surface area contributed by atoms with Gasteiger partial charge in [-0.3, -0.25) is 4.79 Å². The normalized spacial score (nSPS) is 11.1. The Morgan fingerprint density at radius 3 is 2.32 bits per heavy atom. The highest BCUT2D eigenvalue weighted by atomic mass is 16.5. The summed E-state index contributed by atoms with van der Waals surface area (Å²) < 4.78 is 17.1. The second-order valence-electron chi connectivity index (χ2n) is 8.69. The van der Waals surface area contributed by atoms with Crippen molar-refractivity contribution in [3.05, 3.63) is 126 Å². The third kappa shape index (κ3) is 5.27. The smallest absolute Gasteiger partial charge is 0.347 e. The quantitative estimate of drug-likeness (QED) is 0.0933. The van der Waals surface area contributed by atoms with Crippen LogP contribution < -0.4 is 9.47 Å². The van der Waals surface area contributed by atoms with E-state index in [0.717, 1.165) is 11.1 Å². The summed E-state index contributed by atoms with van der Waals surface area (Å²) in [7, 11) is 0. The molecule has 4 aromatic carbocycles. The lowest BCUT2D eigenvalue weighted by Gasteiger charge is -2.08. The van der Waals surface area contributed by atoms with Gasteiger partial charge in [0, 0.05) is 16.5 Å². The van der Waals surface area contributed by atoms with Gasteiger partial charge in [0.05, 0.1) is 6.61 Å². The van der Waals surface area contributed by atoms with Crippen LogP contribution in [0.1, 0.15) is 39.0 Å². The molecule has 38 heavy (non-hydrogen) atoms. The van der Waals surface area contributed by atoms with Crippen molar-refractivity contribution in [1.29, 1.82) is 0 Å². The van der Waals surface area contributed by atoms with E-state index >= 15 is 0 Å². The molecule has 5 aromatic rings. The van der Waals surface area contributed by atoms with E-state index in [-0.39, 0.29) is 5.78 Å². The molecule has 1 aromatic heterocycles. The van der Waals surface area contributed by atoms with Gasteiger partial charge in [-0.05, 0) is 61.4 Å². The Bertz CT molecular complexity index is 1630. The number of esters is 1. The molecular formula is C33H26O5. The Labute approximate surface area is 220 Å². The highest BCUT2D eigenvalue weighted by molar-refractivity contribution is 6.08. The Morgan fingerprint density at radius 1 is 0.842 bits per heavy atom. The van der Waals surface area contributed by atoms with E-state index in [9.17, 15) is 9.59 Å². The van der Waals surface area contributed by atoms with Crippen molar-refractivity contribution in [3.63, 3.8) is 0 Å². The van der Waals surface area contributed by atoms with Crippen LogP contribution in [0.15, 0.2) is 108 Å². The minimum absolute atomic E-state index is 0.147. The summed E-state index contributed by atoms with van der Waals surface area (Å²) in [4.78, 5) is 26.1. The van der Waals surface area contributed by atoms with Crippen molar-refractivity contribution in [2.24, 2.45) is 0 Å². The molecule has 0 N–H and O–H groups in total. The molecule has 0 atom stereocenters. The molecule has 0 saturated carbocycles. The molecule has 0 radical (unpaired) electrons. The number of rotatable bonds is 8. The number of ketones is 1. The molecule has 0 spiro atoms. The summed E-state index contributed by atoms with van der Waals surface area (Å²) in [5.41, 5.74) is 4.23. The van der Waals surface area contributed by atoms with Crippen molar-refractivity contribution in [2.75, 3.05) is 6.61 Å². The maximum atomic E-state index is 13.2. The predicted octanol–water partition coefficient (Wildman–Crippen LogP) is 7.92. The Balaban J connectivity index is 1.35. The number of hydrogen-bond acceptors (Lipinski definition) is 5. The Kier molecular flexibility index (Phi) is 7.18. The zero-order valence-corrected chi connectivity index (χ0v) is 21.1. The van der Waals surface area contributed by atoms with Gasteiger partial charge in [0.15, 0.2) is 5.78 Å². The number of para-hydroxylation sites is 1. The molecule has 0 aliphatic rings. The number of carbonyl (C=O) groups is 2. The zero-order chi connectivity index (χ0) is 26.5. The van der Waals surface area contributed by atoms with Gasteiger partial charge in [-0.15, -0.1) is 0 Å². The molecule has 0 amide bonds. The van der Waals surface area contributed by atoms with Crippen LogP contribution in [0.4, 0.5) is 0 Å². The van der Waals surface area contributed by atoms with E-state index in [1.54, 1.807) is 49.4 Å². The molecular weight excluding hydrogens is 476 g/mol. The molecule has 188 valence electrons. The minimum Gasteiger partial charge on any atom is -0.494 e. The van der Waals surface area contributed by atoms with Crippen LogP contribution >= 0.6 is 0 Å². The van der Waals surface area contributed by atoms with Gasteiger partial charge < -0.3 is 13.9 Å². The number of furan rings is 1. The van der Waals surface area contributed by atoms with Gasteiger partial charge in [-0.2, -0.15) is 0 Å². The zero-order valence-electron chi connectivity index (χ0n) is 21.1. The first-order valence-electron chi connectivity index (χ1n) is 12.4. The number of hydrogen-bond donors (Lipinski definition) is 0. The molecule has 5 heteroatoms. The number of allylic oxidation sites excluding steroid dienone is 1. The second-order valence-corrected chi connectivity index (χ2v) is 8.69. The van der Waals surface area contributed by atoms with Crippen molar-refractivity contribution < 1.29 is 23.5 Å². The SMILES string of the molecule is CCOc1ccc2oc(C)c(C(=O)Oc3ccccc3C=CC(=O)c3ccc(-c4ccccc4)cc3)c2c1. The van der Waals surface area contributed by atoms with E-state index in [2.05, 4.69) is 0 Å². The fourth-order valence-electron chi connectivity index (χ4n) is 4.29. The van der Waals surface area contributed by atoms with Crippen LogP contribution in [0.2, 0.25) is 0 Å². The standard InChI is InChI=1S/C33H26O5/c1-3-36-27-18-20-31-28(21-27)32(22(2)37-31)33(35)38-30-12-8-7-11-26(30)17-19-29(34)25-15-13-24(14-16-25)23-9-5-4-6-10-23/h4-21H,3H2,1-2H3. The minimum atomic E-state index is -0.543. The number of carbonyl (C=O) groups excluding carboxylic acids is 2. The molecule has 1 heterocycles. The molecule has 0 saturated heterocycles. The van der Waals surface area contributed by atoms with Gasteiger partial charge >= 0.3 is 5.97 Å². The summed E-state index contributed by atoms with van der Waals surface area (Å²) >= 11 is 0. The molecule has 0 fully saturated rings. The lowest BCUT2D eigenvalue weighted by molar-refractivity contribution is 0.0734. The van der Waals surface area contributed by atoms with Crippen molar-refractivity contribution >= 4 is 28.8 Å². The second kappa shape index (κ2) is 11.0. The first-order valence-corrected chi connectivity index (χ1v) is 12.4. The maximum absolute atomic E-state index is 13.2. The lowest BCUT2D eigenvalue weighted by Crippen LogP contribution is -2.10. The fourth-order valence-corrected chi connectivity index (χ4v) is 4.29. The maximum Gasteiger partial charge on any atom is 0.347 e. The number of benzene rings is 4. The third-order valence-electron chi connectivity index (χ3n) is 6.16. The van der Waals surface area contributed by atoms with Gasteiger partial charge in [0.25, 0.3) is 0 Å². The summed E-state index contributed by atoms with van der Waals surface area (Å²) in [6.07, 6.45) is 3.14. The van der Waals surface area contributed by atoms with E-state index in [4.69, 9.17) is 13.9 Å². The lowest BCUT2D eigenvalue weighted by atomic mass is 10.0. The topological polar surface area (TPSA) is 65.7 Å². The van der Waals surface area contributed by atoms with Crippen molar-refractivity contribution in [1.82, 2.24) is 0 Å². The fraction of sp³-hybridized carbons (Fsp3) is 0.0909. The first-order chi connectivity index (χ1) is 18.5. The van der Waals surface area contributed by atoms with Crippen LogP contribution in [-0.2, 0) is 0 Å². The average molecular weight is 503 g/mol. The predicted molar refractivity (Wildman–Crippen MR) is 149 cm³/mol. The average Bonchev–Trinajstić information content (AvgIpc) is 3.28. The number of aryl methyl sites for hydroxylation is 1. The highest BCUT2D eigenvalue weighted by Crippen LogP contribution is 2.31. The molecule has 0 aliphatic heterocycles. The van der Waals surface area contributed by atoms with Crippen LogP contribution in [-0.4, -0.2) is 18.4 Å². The van der Waals surface area contributed by atoms with E-state index in [1.807, 2.05) is 67.6 Å². The first kappa shape index (κ1) is 24.8. The monoisotopic (exact) mass is 502 g/mol. The molecule has 0 unspecified atom stereocenters. The summed E-state index contributed by atoms with van der Waals surface area (Å²) in [5, 5.41) is 0.626. The Morgan fingerprint density at radius 2 is 1.55 bits per heavy atom. The Hall–Kier alpha value is -4.90. The van der Waals surface area contributed by atoms with Gasteiger partial charge in [0.1, 0.15) is 28.4 Å². The molecule has 0 aliphatic carbocycles.